The van der Waals surface area contributed by atoms with Crippen molar-refractivity contribution in [3.8, 4) is 0 Å². The number of hydrogen-bond donors (Lipinski definition) is 0. The number of aryl methyl sites for hydroxylation is 1. The highest BCUT2D eigenvalue weighted by Gasteiger charge is 2.35. The number of pyridine rings is 1. The van der Waals surface area contributed by atoms with Crippen LogP contribution in [0.5, 0.6) is 0 Å². The Kier molecular flexibility index (Phi) is 4.52. The van der Waals surface area contributed by atoms with Crippen LogP contribution in [0, 0.1) is 6.92 Å². The summed E-state index contributed by atoms with van der Waals surface area (Å²) < 4.78 is 0. The Hall–Kier alpha value is -3.31. The van der Waals surface area contributed by atoms with Gasteiger partial charge in [0.25, 0.3) is 5.91 Å². The molecule has 1 aliphatic rings. The predicted octanol–water partition coefficient (Wildman–Crippen LogP) is 4.30. The molecule has 0 spiro atoms. The smallest absolute Gasteiger partial charge is 0.284 e. The number of carbonyl (C=O) groups excluding carboxylic acids is 2. The number of Topliss-reactive ketones (excluding diaryl/α,β-unsaturated/α-hetero) is 1. The fraction of sp³-hybridized carbons (Fsp3) is 0.136. The summed E-state index contributed by atoms with van der Waals surface area (Å²) in [5.41, 5.74) is 3.27. The molecule has 2 heterocycles. The van der Waals surface area contributed by atoms with E-state index in [1.807, 2.05) is 37.3 Å². The van der Waals surface area contributed by atoms with Crippen molar-refractivity contribution >= 4 is 17.4 Å². The van der Waals surface area contributed by atoms with Gasteiger partial charge in [-0.2, -0.15) is 5.06 Å². The standard InChI is InChI=1S/C22H18N2O3/c1-15-9-11-16(12-10-15)19(25)14-20-21-18(8-5-13-23-21)22(26)24(27-20)17-6-3-2-4-7-17/h2-13,20H,14H2,1H3. The lowest BCUT2D eigenvalue weighted by atomic mass is 9.98. The predicted molar refractivity (Wildman–Crippen MR) is 101 cm³/mol. The van der Waals surface area contributed by atoms with Crippen LogP contribution in [0.25, 0.3) is 0 Å². The first-order chi connectivity index (χ1) is 13.1. The van der Waals surface area contributed by atoms with Crippen molar-refractivity contribution in [1.29, 1.82) is 0 Å². The van der Waals surface area contributed by atoms with E-state index >= 15 is 0 Å². The highest BCUT2D eigenvalue weighted by atomic mass is 16.7. The van der Waals surface area contributed by atoms with Gasteiger partial charge in [0, 0.05) is 18.2 Å². The number of nitrogens with zero attached hydrogens (tertiary/aromatic N) is 2. The maximum atomic E-state index is 12.8. The van der Waals surface area contributed by atoms with E-state index in [1.165, 1.54) is 5.06 Å². The Labute approximate surface area is 157 Å². The van der Waals surface area contributed by atoms with E-state index < -0.39 is 6.10 Å². The number of para-hydroxylation sites is 1. The van der Waals surface area contributed by atoms with Crippen LogP contribution in [0.2, 0.25) is 0 Å². The van der Waals surface area contributed by atoms with Gasteiger partial charge in [-0.3, -0.25) is 19.4 Å². The van der Waals surface area contributed by atoms with Crippen molar-refractivity contribution in [1.82, 2.24) is 4.98 Å². The summed E-state index contributed by atoms with van der Waals surface area (Å²) in [6.45, 7) is 1.97. The second-order valence-corrected chi connectivity index (χ2v) is 6.46. The summed E-state index contributed by atoms with van der Waals surface area (Å²) in [5.74, 6) is -0.345. The average molecular weight is 358 g/mol. The van der Waals surface area contributed by atoms with E-state index in [0.717, 1.165) is 5.56 Å². The number of amides is 1. The van der Waals surface area contributed by atoms with Crippen LogP contribution in [0.4, 0.5) is 5.69 Å². The number of aromatic nitrogens is 1. The van der Waals surface area contributed by atoms with Crippen molar-refractivity contribution in [2.75, 3.05) is 5.06 Å². The first-order valence-corrected chi connectivity index (χ1v) is 8.74. The highest BCUT2D eigenvalue weighted by Crippen LogP contribution is 2.34. The zero-order valence-electron chi connectivity index (χ0n) is 14.8. The Morgan fingerprint density at radius 1 is 1.04 bits per heavy atom. The molecule has 1 aromatic heterocycles. The summed E-state index contributed by atoms with van der Waals surface area (Å²) in [5, 5.41) is 1.25. The lowest BCUT2D eigenvalue weighted by molar-refractivity contribution is 0.0125. The molecule has 1 aliphatic heterocycles. The number of hydroxylamine groups is 1. The van der Waals surface area contributed by atoms with Gasteiger partial charge in [0.15, 0.2) is 5.78 Å². The van der Waals surface area contributed by atoms with Crippen molar-refractivity contribution in [3.05, 3.63) is 95.3 Å². The van der Waals surface area contributed by atoms with Crippen LogP contribution >= 0.6 is 0 Å². The molecule has 2 aromatic carbocycles. The average Bonchev–Trinajstić information content (AvgIpc) is 2.71. The third-order valence-corrected chi connectivity index (χ3v) is 4.53. The van der Waals surface area contributed by atoms with Crippen LogP contribution in [0.1, 0.15) is 44.5 Å². The minimum Gasteiger partial charge on any atom is -0.294 e. The van der Waals surface area contributed by atoms with Crippen LogP contribution in [0.15, 0.2) is 72.9 Å². The van der Waals surface area contributed by atoms with E-state index in [-0.39, 0.29) is 18.1 Å². The van der Waals surface area contributed by atoms with E-state index in [4.69, 9.17) is 4.84 Å². The number of rotatable bonds is 4. The fourth-order valence-electron chi connectivity index (χ4n) is 3.09. The van der Waals surface area contributed by atoms with Gasteiger partial charge in [0.2, 0.25) is 0 Å². The molecule has 1 unspecified atom stereocenters. The Morgan fingerprint density at radius 3 is 2.52 bits per heavy atom. The van der Waals surface area contributed by atoms with Gasteiger partial charge in [-0.05, 0) is 31.2 Å². The third-order valence-electron chi connectivity index (χ3n) is 4.53. The first kappa shape index (κ1) is 17.1. The van der Waals surface area contributed by atoms with Crippen molar-refractivity contribution in [2.45, 2.75) is 19.4 Å². The number of ketones is 1. The molecule has 0 saturated carbocycles. The molecule has 0 aliphatic carbocycles. The normalized spacial score (nSPS) is 16.1. The lowest BCUT2D eigenvalue weighted by Crippen LogP contribution is -2.39. The van der Waals surface area contributed by atoms with E-state index in [9.17, 15) is 9.59 Å². The van der Waals surface area contributed by atoms with Gasteiger partial charge in [0.05, 0.1) is 16.9 Å². The summed E-state index contributed by atoms with van der Waals surface area (Å²) in [4.78, 5) is 35.8. The molecule has 27 heavy (non-hydrogen) atoms. The molecule has 0 N–H and O–H groups in total. The van der Waals surface area contributed by atoms with Gasteiger partial charge in [0.1, 0.15) is 6.10 Å². The molecule has 4 rings (SSSR count). The van der Waals surface area contributed by atoms with Crippen LogP contribution in [0.3, 0.4) is 0 Å². The Bertz CT molecular complexity index is 984. The van der Waals surface area contributed by atoms with E-state index in [2.05, 4.69) is 4.98 Å². The molecule has 1 amide bonds. The topological polar surface area (TPSA) is 59.5 Å². The second-order valence-electron chi connectivity index (χ2n) is 6.46. The quantitative estimate of drug-likeness (QED) is 0.653. The third kappa shape index (κ3) is 3.37. The van der Waals surface area contributed by atoms with Gasteiger partial charge < -0.3 is 0 Å². The summed E-state index contributed by atoms with van der Waals surface area (Å²) >= 11 is 0. The minimum atomic E-state index is -0.632. The van der Waals surface area contributed by atoms with Crippen molar-refractivity contribution in [2.24, 2.45) is 0 Å². The van der Waals surface area contributed by atoms with Crippen LogP contribution < -0.4 is 5.06 Å². The maximum Gasteiger partial charge on any atom is 0.284 e. The maximum absolute atomic E-state index is 12.8. The number of hydrogen-bond acceptors (Lipinski definition) is 4. The number of carbonyl (C=O) groups is 2. The summed E-state index contributed by atoms with van der Waals surface area (Å²) in [7, 11) is 0. The second kappa shape index (κ2) is 7.13. The fourth-order valence-corrected chi connectivity index (χ4v) is 3.09. The largest absolute Gasteiger partial charge is 0.294 e. The van der Waals surface area contributed by atoms with Gasteiger partial charge in [-0.25, -0.2) is 0 Å². The highest BCUT2D eigenvalue weighted by molar-refractivity contribution is 6.06. The van der Waals surface area contributed by atoms with Crippen LogP contribution in [-0.4, -0.2) is 16.7 Å². The summed E-state index contributed by atoms with van der Waals surface area (Å²) in [6, 6.07) is 20.0. The lowest BCUT2D eigenvalue weighted by Gasteiger charge is -2.32. The molecule has 0 radical (unpaired) electrons. The minimum absolute atomic E-state index is 0.0565. The van der Waals surface area contributed by atoms with Gasteiger partial charge >= 0.3 is 0 Å². The zero-order chi connectivity index (χ0) is 18.8. The molecule has 5 nitrogen and oxygen atoms in total. The van der Waals surface area contributed by atoms with E-state index in [1.54, 1.807) is 42.6 Å². The number of anilines is 1. The first-order valence-electron chi connectivity index (χ1n) is 8.74. The molecule has 0 bridgehead atoms. The molecular weight excluding hydrogens is 340 g/mol. The van der Waals surface area contributed by atoms with Gasteiger partial charge in [-0.15, -0.1) is 0 Å². The Morgan fingerprint density at radius 2 is 1.78 bits per heavy atom. The molecule has 5 heteroatoms. The zero-order valence-corrected chi connectivity index (χ0v) is 14.8. The molecule has 1 atom stereocenters. The van der Waals surface area contributed by atoms with Crippen molar-refractivity contribution < 1.29 is 14.4 Å². The van der Waals surface area contributed by atoms with Crippen LogP contribution in [-0.2, 0) is 4.84 Å². The Balaban J connectivity index is 1.67. The van der Waals surface area contributed by atoms with Crippen molar-refractivity contribution in [3.63, 3.8) is 0 Å². The molecular formula is C22H18N2O3. The van der Waals surface area contributed by atoms with E-state index in [0.29, 0.717) is 22.5 Å². The van der Waals surface area contributed by atoms with Gasteiger partial charge in [-0.1, -0.05) is 48.0 Å². The number of fused-ring (bicyclic) bond motifs is 1. The molecule has 0 fully saturated rings. The monoisotopic (exact) mass is 358 g/mol. The SMILES string of the molecule is Cc1ccc(C(=O)CC2ON(c3ccccc3)C(=O)c3cccnc32)cc1. The molecule has 134 valence electrons. The summed E-state index contributed by atoms with van der Waals surface area (Å²) in [6.07, 6.45) is 1.08. The molecule has 0 saturated heterocycles. The number of benzene rings is 2. The molecule has 3 aromatic rings.